The molecule has 0 unspecified atom stereocenters. The molecule has 2 heteroatoms. The monoisotopic (exact) mass is 212 g/mol. The molecule has 0 bridgehead atoms. The zero-order valence-corrected chi connectivity index (χ0v) is 10.8. The summed E-state index contributed by atoms with van der Waals surface area (Å²) in [4.78, 5) is 2.57. The van der Waals surface area contributed by atoms with Crippen LogP contribution in [0, 0.1) is 5.92 Å². The number of nitrogens with one attached hydrogen (secondary N) is 1. The summed E-state index contributed by atoms with van der Waals surface area (Å²) in [5.74, 6) is 0.969. The maximum absolute atomic E-state index is 3.39. The maximum Gasteiger partial charge on any atom is 0.00924 e. The summed E-state index contributed by atoms with van der Waals surface area (Å²) >= 11 is 0. The smallest absolute Gasteiger partial charge is 0.00924 e. The van der Waals surface area contributed by atoms with Crippen LogP contribution in [-0.2, 0) is 0 Å². The Labute approximate surface area is 95.4 Å². The predicted octanol–water partition coefficient (Wildman–Crippen LogP) is 2.50. The average Bonchev–Trinajstić information content (AvgIpc) is 2.25. The fourth-order valence-electron chi connectivity index (χ4n) is 2.50. The van der Waals surface area contributed by atoms with E-state index in [1.165, 1.54) is 45.2 Å². The van der Waals surface area contributed by atoms with Crippen LogP contribution in [0.4, 0.5) is 0 Å². The largest absolute Gasteiger partial charge is 0.317 e. The Balaban J connectivity index is 2.08. The van der Waals surface area contributed by atoms with Crippen LogP contribution in [0.3, 0.4) is 0 Å². The van der Waals surface area contributed by atoms with Crippen molar-refractivity contribution in [2.75, 3.05) is 26.7 Å². The van der Waals surface area contributed by atoms with Crippen molar-refractivity contribution in [3.8, 4) is 0 Å². The molecule has 90 valence electrons. The molecule has 0 atom stereocenters. The lowest BCUT2D eigenvalue weighted by Crippen LogP contribution is -2.36. The Kier molecular flexibility index (Phi) is 6.26. The van der Waals surface area contributed by atoms with Gasteiger partial charge in [-0.05, 0) is 64.7 Å². The quantitative estimate of drug-likeness (QED) is 0.681. The van der Waals surface area contributed by atoms with Crippen molar-refractivity contribution < 1.29 is 0 Å². The first kappa shape index (κ1) is 13.0. The van der Waals surface area contributed by atoms with Gasteiger partial charge >= 0.3 is 0 Å². The summed E-state index contributed by atoms with van der Waals surface area (Å²) in [7, 11) is 2.30. The molecule has 2 nitrogen and oxygen atoms in total. The lowest BCUT2D eigenvalue weighted by molar-refractivity contribution is 0.169. The van der Waals surface area contributed by atoms with Crippen molar-refractivity contribution in [1.29, 1.82) is 0 Å². The van der Waals surface area contributed by atoms with Gasteiger partial charge in [-0.3, -0.25) is 0 Å². The predicted molar refractivity (Wildman–Crippen MR) is 67.2 cm³/mol. The average molecular weight is 212 g/mol. The molecule has 0 heterocycles. The SMILES string of the molecule is CCNCCCN(C)C1CCC(C)CC1. The first-order chi connectivity index (χ1) is 7.24. The van der Waals surface area contributed by atoms with E-state index >= 15 is 0 Å². The summed E-state index contributed by atoms with van der Waals surface area (Å²) in [5, 5.41) is 3.39. The molecule has 1 aliphatic rings. The van der Waals surface area contributed by atoms with Gasteiger partial charge in [0.2, 0.25) is 0 Å². The molecule has 0 saturated heterocycles. The molecule has 1 rings (SSSR count). The van der Waals surface area contributed by atoms with E-state index in [4.69, 9.17) is 0 Å². The summed E-state index contributed by atoms with van der Waals surface area (Å²) in [6.07, 6.45) is 6.98. The summed E-state index contributed by atoms with van der Waals surface area (Å²) in [6.45, 7) is 8.09. The summed E-state index contributed by atoms with van der Waals surface area (Å²) in [6, 6.07) is 0.864. The highest BCUT2D eigenvalue weighted by Crippen LogP contribution is 2.26. The van der Waals surface area contributed by atoms with Crippen LogP contribution >= 0.6 is 0 Å². The van der Waals surface area contributed by atoms with Crippen molar-refractivity contribution in [1.82, 2.24) is 10.2 Å². The molecular formula is C13H28N2. The first-order valence-corrected chi connectivity index (χ1v) is 6.65. The van der Waals surface area contributed by atoms with E-state index in [0.717, 1.165) is 18.5 Å². The Morgan fingerprint density at radius 3 is 2.47 bits per heavy atom. The number of hydrogen-bond acceptors (Lipinski definition) is 2. The van der Waals surface area contributed by atoms with Crippen LogP contribution in [0.5, 0.6) is 0 Å². The van der Waals surface area contributed by atoms with E-state index in [0.29, 0.717) is 0 Å². The van der Waals surface area contributed by atoms with E-state index < -0.39 is 0 Å². The van der Waals surface area contributed by atoms with Crippen molar-refractivity contribution in [3.63, 3.8) is 0 Å². The molecule has 1 fully saturated rings. The molecule has 0 aromatic rings. The fourth-order valence-corrected chi connectivity index (χ4v) is 2.50. The number of nitrogens with zero attached hydrogens (tertiary/aromatic N) is 1. The molecule has 0 radical (unpaired) electrons. The van der Waals surface area contributed by atoms with Crippen molar-refractivity contribution in [2.45, 2.75) is 52.0 Å². The zero-order chi connectivity index (χ0) is 11.1. The molecule has 1 N–H and O–H groups in total. The van der Waals surface area contributed by atoms with Gasteiger partial charge in [-0.2, -0.15) is 0 Å². The lowest BCUT2D eigenvalue weighted by Gasteiger charge is -2.33. The van der Waals surface area contributed by atoms with E-state index in [1.807, 2.05) is 0 Å². The molecule has 0 aromatic carbocycles. The third-order valence-electron chi connectivity index (χ3n) is 3.72. The van der Waals surface area contributed by atoms with Gasteiger partial charge in [-0.1, -0.05) is 13.8 Å². The fraction of sp³-hybridized carbons (Fsp3) is 1.00. The molecule has 0 amide bonds. The van der Waals surface area contributed by atoms with Crippen LogP contribution < -0.4 is 5.32 Å². The van der Waals surface area contributed by atoms with Crippen molar-refractivity contribution in [2.24, 2.45) is 5.92 Å². The Morgan fingerprint density at radius 1 is 1.20 bits per heavy atom. The second kappa shape index (κ2) is 7.24. The van der Waals surface area contributed by atoms with Gasteiger partial charge in [-0.15, -0.1) is 0 Å². The maximum atomic E-state index is 3.39. The molecule has 0 aromatic heterocycles. The highest BCUT2D eigenvalue weighted by molar-refractivity contribution is 4.76. The van der Waals surface area contributed by atoms with Crippen molar-refractivity contribution >= 4 is 0 Å². The minimum Gasteiger partial charge on any atom is -0.317 e. The van der Waals surface area contributed by atoms with Gasteiger partial charge in [0.05, 0.1) is 0 Å². The first-order valence-electron chi connectivity index (χ1n) is 6.65. The highest BCUT2D eigenvalue weighted by Gasteiger charge is 2.20. The van der Waals surface area contributed by atoms with Crippen LogP contribution in [0.1, 0.15) is 46.0 Å². The third kappa shape index (κ3) is 4.98. The minimum atomic E-state index is 0.864. The van der Waals surface area contributed by atoms with E-state index in [-0.39, 0.29) is 0 Å². The standard InChI is InChI=1S/C13H28N2/c1-4-14-10-5-11-15(3)13-8-6-12(2)7-9-13/h12-14H,4-11H2,1-3H3. The van der Waals surface area contributed by atoms with Gasteiger partial charge in [-0.25, -0.2) is 0 Å². The second-order valence-electron chi connectivity index (χ2n) is 5.10. The number of rotatable bonds is 6. The highest BCUT2D eigenvalue weighted by atomic mass is 15.1. The van der Waals surface area contributed by atoms with Gasteiger partial charge in [0.1, 0.15) is 0 Å². The lowest BCUT2D eigenvalue weighted by atomic mass is 9.87. The Morgan fingerprint density at radius 2 is 1.87 bits per heavy atom. The summed E-state index contributed by atoms with van der Waals surface area (Å²) in [5.41, 5.74) is 0. The topological polar surface area (TPSA) is 15.3 Å². The molecule has 0 spiro atoms. The van der Waals surface area contributed by atoms with Gasteiger partial charge in [0.25, 0.3) is 0 Å². The third-order valence-corrected chi connectivity index (χ3v) is 3.72. The van der Waals surface area contributed by atoms with Crippen LogP contribution in [-0.4, -0.2) is 37.6 Å². The van der Waals surface area contributed by atoms with E-state index in [9.17, 15) is 0 Å². The number of hydrogen-bond donors (Lipinski definition) is 1. The van der Waals surface area contributed by atoms with Gasteiger partial charge in [0.15, 0.2) is 0 Å². The van der Waals surface area contributed by atoms with E-state index in [2.05, 4.69) is 31.1 Å². The zero-order valence-electron chi connectivity index (χ0n) is 10.8. The van der Waals surface area contributed by atoms with Gasteiger partial charge < -0.3 is 10.2 Å². The van der Waals surface area contributed by atoms with Crippen molar-refractivity contribution in [3.05, 3.63) is 0 Å². The Bertz CT molecular complexity index is 151. The molecular weight excluding hydrogens is 184 g/mol. The van der Waals surface area contributed by atoms with Gasteiger partial charge in [0, 0.05) is 6.04 Å². The Hall–Kier alpha value is -0.0800. The molecule has 15 heavy (non-hydrogen) atoms. The second-order valence-corrected chi connectivity index (χ2v) is 5.10. The van der Waals surface area contributed by atoms with Crippen LogP contribution in [0.25, 0.3) is 0 Å². The molecule has 0 aliphatic heterocycles. The minimum absolute atomic E-state index is 0.864. The summed E-state index contributed by atoms with van der Waals surface area (Å²) < 4.78 is 0. The molecule has 1 aliphatic carbocycles. The van der Waals surface area contributed by atoms with E-state index in [1.54, 1.807) is 0 Å². The van der Waals surface area contributed by atoms with Crippen LogP contribution in [0.15, 0.2) is 0 Å². The van der Waals surface area contributed by atoms with Crippen LogP contribution in [0.2, 0.25) is 0 Å². The normalized spacial score (nSPS) is 27.2. The molecule has 1 saturated carbocycles.